The summed E-state index contributed by atoms with van der Waals surface area (Å²) in [6.07, 6.45) is 0. The van der Waals surface area contributed by atoms with Gasteiger partial charge in [-0.05, 0) is 5.56 Å². The number of carbonyl (C=O) groups is 2. The van der Waals surface area contributed by atoms with Gasteiger partial charge in [-0.3, -0.25) is 9.59 Å². The lowest BCUT2D eigenvalue weighted by Crippen LogP contribution is -2.01. The highest BCUT2D eigenvalue weighted by molar-refractivity contribution is 7.21. The van der Waals surface area contributed by atoms with Gasteiger partial charge in [-0.15, -0.1) is 11.3 Å². The van der Waals surface area contributed by atoms with Crippen molar-refractivity contribution in [3.8, 4) is 22.4 Å². The van der Waals surface area contributed by atoms with Crippen LogP contribution < -0.4 is 5.73 Å². The summed E-state index contributed by atoms with van der Waals surface area (Å²) in [5, 5.41) is 0.691. The monoisotopic (exact) mass is 370 g/mol. The Morgan fingerprint density at radius 3 is 2.33 bits per heavy atom. The zero-order valence-corrected chi connectivity index (χ0v) is 15.3. The number of ketones is 2. The molecule has 0 unspecified atom stereocenters. The maximum Gasteiger partial charge on any atom is 0.196 e. The van der Waals surface area contributed by atoms with Crippen molar-refractivity contribution in [2.45, 2.75) is 6.92 Å². The Hall–Kier alpha value is -3.31. The molecule has 0 saturated carbocycles. The van der Waals surface area contributed by atoms with Crippen molar-refractivity contribution >= 4 is 38.8 Å². The first-order valence-corrected chi connectivity index (χ1v) is 9.36. The fraction of sp³-hybridized carbons (Fsp3) is 0.0455. The Morgan fingerprint density at radius 1 is 0.963 bits per heavy atom. The number of hydrogen-bond donors (Lipinski definition) is 1. The molecule has 0 atom stereocenters. The molecule has 5 rings (SSSR count). The smallest absolute Gasteiger partial charge is 0.196 e. The molecule has 2 aromatic heterocycles. The van der Waals surface area contributed by atoms with Crippen molar-refractivity contribution in [1.82, 2.24) is 4.98 Å². The lowest BCUT2D eigenvalue weighted by atomic mass is 9.94. The zero-order chi connectivity index (χ0) is 18.7. The molecule has 2 heterocycles. The van der Waals surface area contributed by atoms with Gasteiger partial charge in [-0.25, -0.2) is 4.98 Å². The number of nitrogens with zero attached hydrogens (tertiary/aromatic N) is 1. The first-order valence-electron chi connectivity index (χ1n) is 8.54. The van der Waals surface area contributed by atoms with Crippen LogP contribution in [0.3, 0.4) is 0 Å². The molecule has 0 spiro atoms. The molecule has 0 amide bonds. The number of fused-ring (bicyclic) bond motifs is 4. The van der Waals surface area contributed by atoms with Crippen LogP contribution in [0.25, 0.3) is 32.6 Å². The zero-order valence-electron chi connectivity index (χ0n) is 14.4. The van der Waals surface area contributed by atoms with E-state index in [1.54, 1.807) is 0 Å². The number of benzene rings is 2. The minimum Gasteiger partial charge on any atom is -0.397 e. The maximum absolute atomic E-state index is 13.2. The summed E-state index contributed by atoms with van der Waals surface area (Å²) in [6.45, 7) is 1.50. The number of rotatable bonds is 2. The Morgan fingerprint density at radius 2 is 1.63 bits per heavy atom. The van der Waals surface area contributed by atoms with Gasteiger partial charge in [-0.1, -0.05) is 54.6 Å². The average molecular weight is 370 g/mol. The second kappa shape index (κ2) is 5.59. The van der Waals surface area contributed by atoms with E-state index in [2.05, 4.69) is 0 Å². The van der Waals surface area contributed by atoms with E-state index >= 15 is 0 Å². The summed E-state index contributed by atoms with van der Waals surface area (Å²) in [5.74, 6) is -0.148. The van der Waals surface area contributed by atoms with Gasteiger partial charge < -0.3 is 5.73 Å². The van der Waals surface area contributed by atoms with Gasteiger partial charge in [0.1, 0.15) is 4.83 Å². The van der Waals surface area contributed by atoms with E-state index in [0.717, 1.165) is 16.7 Å². The molecule has 4 aromatic rings. The highest BCUT2D eigenvalue weighted by atomic mass is 32.1. The molecule has 5 heteroatoms. The van der Waals surface area contributed by atoms with Gasteiger partial charge >= 0.3 is 0 Å². The molecule has 4 nitrogen and oxygen atoms in total. The van der Waals surface area contributed by atoms with Gasteiger partial charge in [0.2, 0.25) is 0 Å². The normalized spacial score (nSPS) is 12.3. The molecule has 0 saturated heterocycles. The quantitative estimate of drug-likeness (QED) is 0.446. The Bertz CT molecular complexity index is 1270. The van der Waals surface area contributed by atoms with Crippen molar-refractivity contribution in [2.24, 2.45) is 0 Å². The van der Waals surface area contributed by atoms with Crippen LogP contribution in [-0.4, -0.2) is 16.6 Å². The van der Waals surface area contributed by atoms with Crippen LogP contribution >= 0.6 is 11.3 Å². The molecule has 2 aromatic carbocycles. The molecule has 0 bridgehead atoms. The Kier molecular flexibility index (Phi) is 3.29. The average Bonchev–Trinajstić information content (AvgIpc) is 3.17. The Labute approximate surface area is 159 Å². The summed E-state index contributed by atoms with van der Waals surface area (Å²) < 4.78 is 0. The van der Waals surface area contributed by atoms with Crippen LogP contribution in [0.15, 0.2) is 54.6 Å². The van der Waals surface area contributed by atoms with Crippen molar-refractivity contribution in [3.63, 3.8) is 0 Å². The van der Waals surface area contributed by atoms with E-state index in [0.29, 0.717) is 37.6 Å². The lowest BCUT2D eigenvalue weighted by Gasteiger charge is -2.10. The standard InChI is InChI=1S/C22H14N2O2S/c1-11(25)21-18(23)16-15(12-7-3-2-4-8-12)17-19(24-22(16)27-21)13-9-5-6-10-14(13)20(17)26/h2-10H,23H2,1H3. The largest absolute Gasteiger partial charge is 0.397 e. The van der Waals surface area contributed by atoms with E-state index in [9.17, 15) is 9.59 Å². The number of Topliss-reactive ketones (excluding diaryl/α,β-unsaturated/α-hetero) is 1. The number of hydrogen-bond acceptors (Lipinski definition) is 5. The number of nitrogens with two attached hydrogens (primary N) is 1. The lowest BCUT2D eigenvalue weighted by molar-refractivity contribution is 0.101. The van der Waals surface area contributed by atoms with Crippen LogP contribution in [0.4, 0.5) is 5.69 Å². The van der Waals surface area contributed by atoms with Gasteiger partial charge in [0.25, 0.3) is 0 Å². The minimum atomic E-state index is -0.0959. The van der Waals surface area contributed by atoms with Crippen LogP contribution in [-0.2, 0) is 0 Å². The molecule has 130 valence electrons. The fourth-order valence-corrected chi connectivity index (χ4v) is 4.75. The predicted molar refractivity (Wildman–Crippen MR) is 108 cm³/mol. The topological polar surface area (TPSA) is 73.1 Å². The molecule has 0 fully saturated rings. The number of pyridine rings is 1. The van der Waals surface area contributed by atoms with Crippen molar-refractivity contribution in [1.29, 1.82) is 0 Å². The number of anilines is 1. The van der Waals surface area contributed by atoms with Crippen molar-refractivity contribution in [2.75, 3.05) is 5.73 Å². The van der Waals surface area contributed by atoms with Gasteiger partial charge in [0, 0.05) is 29.0 Å². The van der Waals surface area contributed by atoms with Crippen LogP contribution in [0.1, 0.15) is 32.5 Å². The summed E-state index contributed by atoms with van der Waals surface area (Å²) >= 11 is 1.29. The third-order valence-corrected chi connectivity index (χ3v) is 6.11. The first kappa shape index (κ1) is 15.9. The molecule has 1 aliphatic carbocycles. The second-order valence-corrected chi connectivity index (χ2v) is 7.53. The van der Waals surface area contributed by atoms with E-state index in [1.165, 1.54) is 18.3 Å². The second-order valence-electron chi connectivity index (χ2n) is 6.53. The third-order valence-electron chi connectivity index (χ3n) is 4.91. The molecule has 27 heavy (non-hydrogen) atoms. The maximum atomic E-state index is 13.2. The predicted octanol–water partition coefficient (Wildman–Crippen LogP) is 4.96. The van der Waals surface area contributed by atoms with E-state index in [4.69, 9.17) is 10.7 Å². The van der Waals surface area contributed by atoms with Crippen LogP contribution in [0.2, 0.25) is 0 Å². The van der Waals surface area contributed by atoms with Gasteiger partial charge in [0.15, 0.2) is 11.6 Å². The summed E-state index contributed by atoms with van der Waals surface area (Å²) in [4.78, 5) is 31.2. The molecule has 1 aliphatic rings. The molecular formula is C22H14N2O2S. The van der Waals surface area contributed by atoms with Crippen LogP contribution in [0, 0.1) is 0 Å². The van der Waals surface area contributed by atoms with E-state index in [-0.39, 0.29) is 11.6 Å². The fourth-order valence-electron chi connectivity index (χ4n) is 3.75. The van der Waals surface area contributed by atoms with Gasteiger partial charge in [-0.2, -0.15) is 0 Å². The minimum absolute atomic E-state index is 0.0520. The van der Waals surface area contributed by atoms with Crippen molar-refractivity contribution in [3.05, 3.63) is 70.6 Å². The molecule has 0 aliphatic heterocycles. The number of carbonyl (C=O) groups excluding carboxylic acids is 2. The summed E-state index contributed by atoms with van der Waals surface area (Å²) in [7, 11) is 0. The highest BCUT2D eigenvalue weighted by Gasteiger charge is 2.34. The van der Waals surface area contributed by atoms with E-state index in [1.807, 2.05) is 54.6 Å². The molecular weight excluding hydrogens is 356 g/mol. The Balaban J connectivity index is 1.99. The van der Waals surface area contributed by atoms with Gasteiger partial charge in [0.05, 0.1) is 21.8 Å². The molecule has 0 radical (unpaired) electrons. The summed E-state index contributed by atoms with van der Waals surface area (Å²) in [5.41, 5.74) is 11.1. The summed E-state index contributed by atoms with van der Waals surface area (Å²) in [6, 6.07) is 17.2. The number of nitrogen functional groups attached to an aromatic ring is 1. The van der Waals surface area contributed by atoms with E-state index < -0.39 is 0 Å². The SMILES string of the molecule is CC(=O)c1sc2nc3c(c(-c4ccccc4)c2c1N)C(=O)c1ccccc1-3. The highest BCUT2D eigenvalue weighted by Crippen LogP contribution is 2.47. The molecule has 2 N–H and O–H groups in total. The number of thiophene rings is 1. The third kappa shape index (κ3) is 2.12. The number of aromatic nitrogens is 1. The van der Waals surface area contributed by atoms with Crippen molar-refractivity contribution < 1.29 is 9.59 Å². The van der Waals surface area contributed by atoms with Crippen LogP contribution in [0.5, 0.6) is 0 Å². The first-order chi connectivity index (χ1) is 13.1.